The fourth-order valence-corrected chi connectivity index (χ4v) is 15.9. The van der Waals surface area contributed by atoms with Gasteiger partial charge in [0.2, 0.25) is 0 Å². The van der Waals surface area contributed by atoms with Gasteiger partial charge in [-0.25, -0.2) is 0 Å². The van der Waals surface area contributed by atoms with Gasteiger partial charge in [0.1, 0.15) is 5.58 Å². The fourth-order valence-electron chi connectivity index (χ4n) is 14.7. The molecule has 0 amide bonds. The Bertz CT molecular complexity index is 7130. The van der Waals surface area contributed by atoms with E-state index in [4.69, 9.17) is 26.5 Å². The maximum absolute atomic E-state index is 7.91. The van der Waals surface area contributed by atoms with Crippen LogP contribution in [0.15, 0.2) is 339 Å². The number of fused-ring (bicyclic) bond motifs is 10. The number of hydrogen-bond acceptors (Lipinski definition) is 6. The molecule has 0 saturated heterocycles. The summed E-state index contributed by atoms with van der Waals surface area (Å²) in [5, 5.41) is 15.8. The van der Waals surface area contributed by atoms with Crippen LogP contribution >= 0.6 is 11.3 Å². The average Bonchev–Trinajstić information content (AvgIpc) is 0.793. The average molecular weight is 1580 g/mol. The van der Waals surface area contributed by atoms with Gasteiger partial charge in [0, 0.05) is 83.5 Å². The molecule has 0 aliphatic carbocycles. The molecule has 6 nitrogen and oxygen atoms in total. The second-order valence-electron chi connectivity index (χ2n) is 26.4. The first-order valence-corrected chi connectivity index (χ1v) is 35.9. The molecule has 0 fully saturated rings. The smallest absolute Gasteiger partial charge is 0.293 e. The van der Waals surface area contributed by atoms with Crippen LogP contribution in [0.4, 0.5) is 0 Å². The van der Waals surface area contributed by atoms with Gasteiger partial charge in [-0.15, -0.1) is 58.9 Å². The standard InChI is InChI=1S/C45H27NS.C24H16NO.C20H18N.C10H8NO.Ir/c1-3-11-30-25-32(19-17-28(30)9-1)42-36-14-5-6-15-37(36)43(33-20-18-29-10-2-4-12-31(29)26-33)40-27-34(21-22-38(40)42)44-45-39(23-24-46-44)35-13-7-8-16-41(35)47-45;1-16-15-25-22(14-21(16)17-8-3-2-4-9-17)20-12-7-11-19-18-10-5-6-13-23(18)26-24(19)20;1-14-9-10-18(20-11-15(2)16(3)13-21-20)12-19(14)17-7-5-4-6-8-17;1-3-8-4-2-6-11-7-12-9(5-1)10(8)11;/h1-27H;2-11,13-15H,1H3;4-9,11-13H,1-3H3;1-6H,7H2;/q;2*-1;+1;/i;1D3;1D3,3D3;;. The van der Waals surface area contributed by atoms with Crippen molar-refractivity contribution in [2.45, 2.75) is 34.2 Å². The number of aromatic nitrogens is 4. The van der Waals surface area contributed by atoms with Crippen LogP contribution < -0.4 is 9.30 Å². The van der Waals surface area contributed by atoms with Gasteiger partial charge >= 0.3 is 0 Å². The largest absolute Gasteiger partial charge is 0.501 e. The molecule has 6 aromatic heterocycles. The molecule has 1 aliphatic heterocycles. The minimum absolute atomic E-state index is 0. The first kappa shape index (κ1) is 57.8. The van der Waals surface area contributed by atoms with Gasteiger partial charge in [-0.1, -0.05) is 253 Å². The van der Waals surface area contributed by atoms with Crippen LogP contribution in [0.1, 0.15) is 34.6 Å². The van der Waals surface area contributed by atoms with Crippen molar-refractivity contribution in [3.05, 3.63) is 369 Å². The van der Waals surface area contributed by atoms with E-state index in [0.717, 1.165) is 44.5 Å². The second-order valence-corrected chi connectivity index (χ2v) is 27.4. The first-order chi connectivity index (χ1) is 55.8. The van der Waals surface area contributed by atoms with Crippen molar-refractivity contribution >= 4 is 107 Å². The normalized spacial score (nSPS) is 13.1. The van der Waals surface area contributed by atoms with Gasteiger partial charge < -0.3 is 19.1 Å². The molecule has 0 bridgehead atoms. The van der Waals surface area contributed by atoms with Crippen LogP contribution in [0.5, 0.6) is 5.75 Å². The molecule has 14 aromatic carbocycles. The van der Waals surface area contributed by atoms with Gasteiger partial charge in [-0.2, -0.15) is 4.57 Å². The zero-order chi connectivity index (χ0) is 78.7. The monoisotopic (exact) mass is 1580 g/mol. The predicted molar refractivity (Wildman–Crippen MR) is 442 cm³/mol. The van der Waals surface area contributed by atoms with Crippen molar-refractivity contribution < 1.29 is 46.2 Å². The summed E-state index contributed by atoms with van der Waals surface area (Å²) in [4.78, 5) is 13.8. The van der Waals surface area contributed by atoms with Crippen LogP contribution in [-0.2, 0) is 26.8 Å². The van der Waals surface area contributed by atoms with Gasteiger partial charge in [0.15, 0.2) is 11.9 Å². The molecule has 0 atom stereocenters. The molecule has 7 heterocycles. The Labute approximate surface area is 651 Å². The second kappa shape index (κ2) is 29.2. The third kappa shape index (κ3) is 13.0. The number of nitrogens with zero attached hydrogens (tertiary/aromatic N) is 4. The zero-order valence-electron chi connectivity index (χ0n) is 66.8. The maximum Gasteiger partial charge on any atom is 0.293 e. The Morgan fingerprint density at radius 2 is 1.02 bits per heavy atom. The SMILES string of the molecule is [2H]C([2H])([2H])c1cnc(-c2[c-]cc(C([2H])([2H])[2H])c(-c3ccccc3)c2)cc1C.[2H]C([2H])([2H])c1cnc(-c2[c-]ccc3c2oc2ccccc23)cc1-c1ccccc1.[Ir].c1cc2c3c(c1)ccc[n+]3CO2.c1ccc2cc(-c3c4ccccc4c(-c4ccc5ccccc5c4)c4cc(-c5nccc6c5sc5ccccc56)ccc34)ccc2c1. The molecule has 0 unspecified atom stereocenters. The van der Waals surface area contributed by atoms with E-state index in [1.807, 2.05) is 145 Å². The van der Waals surface area contributed by atoms with E-state index in [0.29, 0.717) is 51.5 Å². The van der Waals surface area contributed by atoms with Crippen LogP contribution in [0.2, 0.25) is 0 Å². The summed E-state index contributed by atoms with van der Waals surface area (Å²) in [7, 11) is 0. The van der Waals surface area contributed by atoms with Gasteiger partial charge in [-0.05, 0) is 180 Å². The molecule has 1 radical (unpaired) electrons. The molecule has 0 spiro atoms. The molecular formula is C99H69IrN4O2S-. The molecule has 0 saturated carbocycles. The van der Waals surface area contributed by atoms with Crippen molar-refractivity contribution in [1.82, 2.24) is 15.0 Å². The van der Waals surface area contributed by atoms with E-state index >= 15 is 0 Å². The van der Waals surface area contributed by atoms with E-state index in [9.17, 15) is 0 Å². The van der Waals surface area contributed by atoms with Crippen molar-refractivity contribution in [2.24, 2.45) is 0 Å². The molecule has 8 heteroatoms. The molecule has 0 N–H and O–H groups in total. The van der Waals surface area contributed by atoms with Gasteiger partial charge in [-0.3, -0.25) is 4.98 Å². The third-order valence-electron chi connectivity index (χ3n) is 19.9. The van der Waals surface area contributed by atoms with Crippen LogP contribution in [0.25, 0.3) is 174 Å². The summed E-state index contributed by atoms with van der Waals surface area (Å²) in [5.41, 5.74) is 16.5. The van der Waals surface area contributed by atoms with Crippen LogP contribution in [0, 0.1) is 39.6 Å². The molecule has 513 valence electrons. The van der Waals surface area contributed by atoms with E-state index in [2.05, 4.69) is 197 Å². The number of rotatable bonds is 7. The third-order valence-corrected chi connectivity index (χ3v) is 21.1. The number of benzene rings is 14. The summed E-state index contributed by atoms with van der Waals surface area (Å²) in [6, 6.07) is 111. The summed E-state index contributed by atoms with van der Waals surface area (Å²) >= 11 is 1.83. The van der Waals surface area contributed by atoms with E-state index in [1.54, 1.807) is 19.1 Å². The Kier molecular flexibility index (Phi) is 15.8. The number of hydrogen-bond donors (Lipinski definition) is 0. The van der Waals surface area contributed by atoms with Gasteiger partial charge in [0.25, 0.3) is 12.2 Å². The molecule has 107 heavy (non-hydrogen) atoms. The Balaban J connectivity index is 0.000000121. The maximum atomic E-state index is 7.91. The minimum Gasteiger partial charge on any atom is -0.501 e. The zero-order valence-corrected chi connectivity index (χ0v) is 61.0. The van der Waals surface area contributed by atoms with Crippen molar-refractivity contribution in [3.63, 3.8) is 0 Å². The Hall–Kier alpha value is -12.6. The van der Waals surface area contributed by atoms with Crippen molar-refractivity contribution in [2.75, 3.05) is 0 Å². The van der Waals surface area contributed by atoms with Gasteiger partial charge in [0.05, 0.1) is 21.4 Å². The molecular weight excluding hydrogens is 1500 g/mol. The van der Waals surface area contributed by atoms with Crippen molar-refractivity contribution in [1.29, 1.82) is 0 Å². The number of furan rings is 1. The summed E-state index contributed by atoms with van der Waals surface area (Å²) in [6.07, 6.45) is 6.80. The Morgan fingerprint density at radius 3 is 1.74 bits per heavy atom. The van der Waals surface area contributed by atoms with E-state index in [-0.39, 0.29) is 36.8 Å². The molecule has 20 aromatic rings. The Morgan fingerprint density at radius 1 is 0.421 bits per heavy atom. The predicted octanol–water partition coefficient (Wildman–Crippen LogP) is 26.1. The number of pyridine rings is 4. The topological polar surface area (TPSA) is 64.9 Å². The summed E-state index contributed by atoms with van der Waals surface area (Å²) in [6.45, 7) is -4.38. The quantitative estimate of drug-likeness (QED) is 0.0904. The van der Waals surface area contributed by atoms with Crippen LogP contribution in [-0.4, -0.2) is 15.0 Å². The molecule has 1 aliphatic rings. The summed E-state index contributed by atoms with van der Waals surface area (Å²) < 4.78 is 86.0. The minimum atomic E-state index is -2.27. The first-order valence-electron chi connectivity index (χ1n) is 39.6. The fraction of sp³-hybridized carbons (Fsp3) is 0.0505. The van der Waals surface area contributed by atoms with Crippen molar-refractivity contribution in [3.8, 4) is 84.0 Å². The van der Waals surface area contributed by atoms with Crippen LogP contribution in [0.3, 0.4) is 0 Å². The number of aryl methyl sites for hydroxylation is 4. The summed E-state index contributed by atoms with van der Waals surface area (Å²) in [5.74, 6) is 0.994. The number of thiophene rings is 1. The number of ether oxygens (including phenoxy) is 1. The van der Waals surface area contributed by atoms with E-state index < -0.39 is 20.6 Å². The van der Waals surface area contributed by atoms with E-state index in [1.165, 1.54) is 115 Å². The molecule has 21 rings (SSSR count). The number of para-hydroxylation sites is 2.